The van der Waals surface area contributed by atoms with Crippen LogP contribution in [0.2, 0.25) is 0 Å². The van der Waals surface area contributed by atoms with Crippen molar-refractivity contribution in [1.29, 1.82) is 0 Å². The predicted octanol–water partition coefficient (Wildman–Crippen LogP) is 2.50. The summed E-state index contributed by atoms with van der Waals surface area (Å²) in [6, 6.07) is 19.8. The Bertz CT molecular complexity index is 1320. The molecule has 8 heteroatoms. The van der Waals surface area contributed by atoms with Gasteiger partial charge in [0.15, 0.2) is 11.5 Å². The molecule has 0 radical (unpaired) electrons. The van der Waals surface area contributed by atoms with E-state index in [1.54, 1.807) is 6.07 Å². The van der Waals surface area contributed by atoms with Crippen LogP contribution < -0.4 is 14.2 Å². The second-order valence-corrected chi connectivity index (χ2v) is 9.09. The molecule has 1 aliphatic carbocycles. The van der Waals surface area contributed by atoms with Gasteiger partial charge in [-0.25, -0.2) is 0 Å². The highest BCUT2D eigenvalue weighted by Gasteiger charge is 2.49. The lowest BCUT2D eigenvalue weighted by atomic mass is 9.78. The van der Waals surface area contributed by atoms with Gasteiger partial charge in [-0.05, 0) is 28.8 Å². The summed E-state index contributed by atoms with van der Waals surface area (Å²) in [7, 11) is 0. The van der Waals surface area contributed by atoms with Crippen molar-refractivity contribution in [3.8, 4) is 17.2 Å². The van der Waals surface area contributed by atoms with Crippen molar-refractivity contribution in [1.82, 2.24) is 4.90 Å². The molecule has 3 N–H and O–H groups in total. The zero-order valence-electron chi connectivity index (χ0n) is 19.3. The van der Waals surface area contributed by atoms with E-state index in [0.717, 1.165) is 11.1 Å². The van der Waals surface area contributed by atoms with Gasteiger partial charge in [0.1, 0.15) is 24.9 Å². The van der Waals surface area contributed by atoms with Crippen LogP contribution in [0.4, 0.5) is 0 Å². The van der Waals surface area contributed by atoms with E-state index in [1.807, 2.05) is 60.7 Å². The molecule has 0 saturated carbocycles. The number of carbonyl (C=O) groups excluding carboxylic acids is 1. The summed E-state index contributed by atoms with van der Waals surface area (Å²) >= 11 is 0. The summed E-state index contributed by atoms with van der Waals surface area (Å²) in [6.07, 6.45) is -2.63. The maximum atomic E-state index is 14.1. The molecule has 1 amide bonds. The third kappa shape index (κ3) is 3.71. The maximum absolute atomic E-state index is 14.1. The third-order valence-corrected chi connectivity index (χ3v) is 6.86. The molecule has 0 saturated heterocycles. The van der Waals surface area contributed by atoms with E-state index in [0.29, 0.717) is 22.6 Å². The van der Waals surface area contributed by atoms with Gasteiger partial charge < -0.3 is 34.4 Å². The number of hydrogen-bond acceptors (Lipinski definition) is 7. The minimum absolute atomic E-state index is 0.0196. The van der Waals surface area contributed by atoms with E-state index >= 15 is 0 Å². The largest absolute Gasteiger partial charge is 0.484 e. The first-order valence-corrected chi connectivity index (χ1v) is 11.8. The van der Waals surface area contributed by atoms with E-state index in [1.165, 1.54) is 11.0 Å². The van der Waals surface area contributed by atoms with E-state index in [4.69, 9.17) is 14.2 Å². The molecule has 0 aromatic heterocycles. The SMILES string of the molecule is O=C1c2c(cc3c(c2OCc2ccccc2)OCO3)C2=C[C@H](O)[C@@H](O)[C@@H](O)[C@@H]2N1Cc1ccccc1. The molecule has 184 valence electrons. The second-order valence-electron chi connectivity index (χ2n) is 9.09. The summed E-state index contributed by atoms with van der Waals surface area (Å²) in [5.74, 6) is 0.630. The summed E-state index contributed by atoms with van der Waals surface area (Å²) in [5.41, 5.74) is 3.04. The van der Waals surface area contributed by atoms with Crippen LogP contribution in [0.15, 0.2) is 72.8 Å². The van der Waals surface area contributed by atoms with Crippen LogP contribution in [0.25, 0.3) is 5.57 Å². The number of ether oxygens (including phenoxy) is 3. The predicted molar refractivity (Wildman–Crippen MR) is 129 cm³/mol. The molecule has 2 heterocycles. The normalized spacial score (nSPS) is 24.1. The summed E-state index contributed by atoms with van der Waals surface area (Å²) in [5, 5.41) is 32.0. The number of aliphatic hydroxyl groups is 3. The Kier molecular flexibility index (Phi) is 5.64. The Balaban J connectivity index is 1.51. The lowest BCUT2D eigenvalue weighted by Crippen LogP contribution is -2.58. The van der Waals surface area contributed by atoms with Gasteiger partial charge in [-0.3, -0.25) is 4.79 Å². The Morgan fingerprint density at radius 3 is 2.33 bits per heavy atom. The molecule has 3 aromatic rings. The molecule has 8 nitrogen and oxygen atoms in total. The minimum Gasteiger partial charge on any atom is -0.484 e. The van der Waals surface area contributed by atoms with Crippen molar-refractivity contribution in [2.45, 2.75) is 37.5 Å². The van der Waals surface area contributed by atoms with Crippen molar-refractivity contribution >= 4 is 11.5 Å². The molecule has 2 aliphatic heterocycles. The number of nitrogens with zero attached hydrogens (tertiary/aromatic N) is 1. The van der Waals surface area contributed by atoms with Crippen molar-refractivity contribution < 1.29 is 34.3 Å². The lowest BCUT2D eigenvalue weighted by molar-refractivity contribution is -0.0704. The molecule has 0 unspecified atom stereocenters. The monoisotopic (exact) mass is 487 g/mol. The molecule has 0 spiro atoms. The molecule has 0 bridgehead atoms. The number of carbonyl (C=O) groups is 1. The van der Waals surface area contributed by atoms with Gasteiger partial charge in [-0.1, -0.05) is 60.7 Å². The van der Waals surface area contributed by atoms with E-state index < -0.39 is 24.4 Å². The first-order valence-electron chi connectivity index (χ1n) is 11.8. The maximum Gasteiger partial charge on any atom is 0.259 e. The van der Waals surface area contributed by atoms with Crippen molar-refractivity contribution in [2.24, 2.45) is 0 Å². The van der Waals surface area contributed by atoms with Crippen LogP contribution in [0.3, 0.4) is 0 Å². The van der Waals surface area contributed by atoms with Crippen LogP contribution in [0.5, 0.6) is 17.2 Å². The van der Waals surface area contributed by atoms with Gasteiger partial charge in [0.05, 0.1) is 11.6 Å². The molecule has 3 aromatic carbocycles. The van der Waals surface area contributed by atoms with Crippen LogP contribution in [-0.2, 0) is 13.2 Å². The Morgan fingerprint density at radius 2 is 1.61 bits per heavy atom. The lowest BCUT2D eigenvalue weighted by Gasteiger charge is -2.45. The zero-order chi connectivity index (χ0) is 24.8. The van der Waals surface area contributed by atoms with Gasteiger partial charge in [-0.2, -0.15) is 0 Å². The third-order valence-electron chi connectivity index (χ3n) is 6.86. The van der Waals surface area contributed by atoms with Gasteiger partial charge in [-0.15, -0.1) is 0 Å². The molecular weight excluding hydrogens is 462 g/mol. The highest BCUT2D eigenvalue weighted by Crippen LogP contribution is 2.51. The molecule has 4 atom stereocenters. The molecule has 6 rings (SSSR count). The van der Waals surface area contributed by atoms with Crippen LogP contribution in [0.1, 0.15) is 27.0 Å². The highest BCUT2D eigenvalue weighted by atomic mass is 16.7. The van der Waals surface area contributed by atoms with Crippen molar-refractivity contribution in [3.63, 3.8) is 0 Å². The fraction of sp³-hybridized carbons (Fsp3) is 0.250. The molecule has 3 aliphatic rings. The molecule has 0 fully saturated rings. The van der Waals surface area contributed by atoms with Crippen LogP contribution in [-0.4, -0.2) is 57.3 Å². The van der Waals surface area contributed by atoms with Gasteiger partial charge >= 0.3 is 0 Å². The Hall–Kier alpha value is -3.85. The quantitative estimate of drug-likeness (QED) is 0.508. The van der Waals surface area contributed by atoms with Crippen LogP contribution >= 0.6 is 0 Å². The van der Waals surface area contributed by atoms with Crippen molar-refractivity contribution in [2.75, 3.05) is 6.79 Å². The first-order chi connectivity index (χ1) is 17.5. The molecule has 36 heavy (non-hydrogen) atoms. The Labute approximate surface area is 207 Å². The average molecular weight is 488 g/mol. The Morgan fingerprint density at radius 1 is 0.917 bits per heavy atom. The summed E-state index contributed by atoms with van der Waals surface area (Å²) in [6.45, 7) is 0.368. The van der Waals surface area contributed by atoms with Gasteiger partial charge in [0.25, 0.3) is 5.91 Å². The number of amides is 1. The molecular formula is C28H25NO7. The zero-order valence-corrected chi connectivity index (χ0v) is 19.3. The highest BCUT2D eigenvalue weighted by molar-refractivity contribution is 6.07. The fourth-order valence-electron chi connectivity index (χ4n) is 5.10. The fourth-order valence-corrected chi connectivity index (χ4v) is 5.10. The average Bonchev–Trinajstić information content (AvgIpc) is 3.38. The minimum atomic E-state index is -1.44. The number of fused-ring (bicyclic) bond motifs is 4. The van der Waals surface area contributed by atoms with Gasteiger partial charge in [0.2, 0.25) is 12.5 Å². The standard InChI is InChI=1S/C28H25NO7/c30-20-11-19-18-12-21-26(36-15-35-21)27(34-14-17-9-5-2-6-10-17)22(18)28(33)29(23(19)25(32)24(20)31)13-16-7-3-1-4-8-16/h1-12,20,23-25,30-32H,13-15H2/t20-,23+,24+,25-/m0/s1. The van der Waals surface area contributed by atoms with E-state index in [9.17, 15) is 20.1 Å². The summed E-state index contributed by atoms with van der Waals surface area (Å²) < 4.78 is 17.5. The van der Waals surface area contributed by atoms with Crippen LogP contribution in [0, 0.1) is 0 Å². The first kappa shape index (κ1) is 22.6. The smallest absolute Gasteiger partial charge is 0.259 e. The number of hydrogen-bond donors (Lipinski definition) is 3. The van der Waals surface area contributed by atoms with Crippen molar-refractivity contribution in [3.05, 3.63) is 95.1 Å². The topological polar surface area (TPSA) is 109 Å². The number of benzene rings is 3. The van der Waals surface area contributed by atoms with Gasteiger partial charge in [0, 0.05) is 12.1 Å². The second kappa shape index (κ2) is 8.98. The van der Waals surface area contributed by atoms with E-state index in [-0.39, 0.29) is 37.2 Å². The number of aliphatic hydroxyl groups excluding tert-OH is 3. The summed E-state index contributed by atoms with van der Waals surface area (Å²) in [4.78, 5) is 15.6. The van der Waals surface area contributed by atoms with E-state index in [2.05, 4.69) is 0 Å². The number of rotatable bonds is 5.